The minimum Gasteiger partial charge on any atom is -0.384 e. The Hall–Kier alpha value is -1.70. The van der Waals surface area contributed by atoms with Crippen molar-refractivity contribution in [2.24, 2.45) is 5.73 Å². The van der Waals surface area contributed by atoms with E-state index in [1.807, 2.05) is 4.90 Å². The summed E-state index contributed by atoms with van der Waals surface area (Å²) in [6, 6.07) is 1.62. The number of anilines is 1. The summed E-state index contributed by atoms with van der Waals surface area (Å²) >= 11 is 0. The highest BCUT2D eigenvalue weighted by molar-refractivity contribution is 7.91. The monoisotopic (exact) mass is 269 g/mol. The average Bonchev–Trinajstić information content (AvgIpc) is 2.50. The number of sulfone groups is 1. The molecule has 0 radical (unpaired) electrons. The number of nitrogen functional groups attached to an aromatic ring is 1. The summed E-state index contributed by atoms with van der Waals surface area (Å²) < 4.78 is 23.1. The van der Waals surface area contributed by atoms with Gasteiger partial charge in [0.05, 0.1) is 23.3 Å². The minimum absolute atomic E-state index is 0.0907. The molecule has 0 aromatic carbocycles. The molecule has 18 heavy (non-hydrogen) atoms. The predicted molar refractivity (Wildman–Crippen MR) is 68.5 cm³/mol. The highest BCUT2D eigenvalue weighted by Crippen LogP contribution is 2.18. The number of amidine groups is 1. The third-order valence-electron chi connectivity index (χ3n) is 2.85. The largest absolute Gasteiger partial charge is 0.384 e. The van der Waals surface area contributed by atoms with Crippen LogP contribution in [0.5, 0.6) is 0 Å². The molecule has 2 rings (SSSR count). The Morgan fingerprint density at radius 1 is 1.39 bits per heavy atom. The highest BCUT2D eigenvalue weighted by atomic mass is 32.2. The third-order valence-corrected chi connectivity index (χ3v) is 4.56. The van der Waals surface area contributed by atoms with Gasteiger partial charge in [0.2, 0.25) is 0 Å². The van der Waals surface area contributed by atoms with Crippen molar-refractivity contribution in [2.45, 2.75) is 6.42 Å². The Morgan fingerprint density at radius 2 is 2.17 bits per heavy atom. The summed E-state index contributed by atoms with van der Waals surface area (Å²) in [6.45, 7) is 0.944. The molecule has 0 aliphatic carbocycles. The lowest BCUT2D eigenvalue weighted by molar-refractivity contribution is 0.597. The van der Waals surface area contributed by atoms with Crippen LogP contribution in [0.2, 0.25) is 0 Å². The van der Waals surface area contributed by atoms with E-state index in [1.165, 1.54) is 6.20 Å². The van der Waals surface area contributed by atoms with Crippen LogP contribution in [0.4, 0.5) is 5.82 Å². The molecular formula is C10H15N5O2S. The van der Waals surface area contributed by atoms with Gasteiger partial charge in [-0.1, -0.05) is 0 Å². The lowest BCUT2D eigenvalue weighted by Crippen LogP contribution is -2.30. The summed E-state index contributed by atoms with van der Waals surface area (Å²) in [4.78, 5) is 1.83. The lowest BCUT2D eigenvalue weighted by Gasteiger charge is -2.22. The van der Waals surface area contributed by atoms with Crippen LogP contribution in [0.25, 0.3) is 0 Å². The first kappa shape index (κ1) is 12.7. The molecule has 1 fully saturated rings. The number of nitrogens with two attached hydrogens (primary N) is 1. The second-order valence-electron chi connectivity index (χ2n) is 4.17. The molecule has 0 atom stereocenters. The van der Waals surface area contributed by atoms with Crippen LogP contribution < -0.4 is 10.6 Å². The number of nitrogens with one attached hydrogen (secondary N) is 1. The normalized spacial score (nSPS) is 19.2. The molecule has 7 nitrogen and oxygen atoms in total. The zero-order chi connectivity index (χ0) is 13.2. The van der Waals surface area contributed by atoms with Crippen LogP contribution in [0.15, 0.2) is 12.3 Å². The number of rotatable bonds is 2. The van der Waals surface area contributed by atoms with Gasteiger partial charge in [0, 0.05) is 13.1 Å². The van der Waals surface area contributed by atoms with Gasteiger partial charge >= 0.3 is 0 Å². The Balaban J connectivity index is 2.29. The molecule has 1 aromatic rings. The average molecular weight is 269 g/mol. The highest BCUT2D eigenvalue weighted by Gasteiger charge is 2.22. The van der Waals surface area contributed by atoms with Gasteiger partial charge in [0.15, 0.2) is 15.7 Å². The van der Waals surface area contributed by atoms with Crippen molar-refractivity contribution in [3.05, 3.63) is 17.8 Å². The molecule has 98 valence electrons. The van der Waals surface area contributed by atoms with Gasteiger partial charge in [-0.05, 0) is 12.5 Å². The van der Waals surface area contributed by atoms with Gasteiger partial charge in [-0.2, -0.15) is 5.10 Å². The van der Waals surface area contributed by atoms with Crippen molar-refractivity contribution in [3.63, 3.8) is 0 Å². The lowest BCUT2D eigenvalue weighted by atomic mass is 10.2. The summed E-state index contributed by atoms with van der Waals surface area (Å²) in [5.74, 6) is 0.689. The Morgan fingerprint density at radius 3 is 2.89 bits per heavy atom. The maximum absolute atomic E-state index is 11.5. The second-order valence-corrected chi connectivity index (χ2v) is 6.48. The molecule has 1 aliphatic heterocycles. The van der Waals surface area contributed by atoms with Crippen molar-refractivity contribution in [1.82, 2.24) is 10.2 Å². The summed E-state index contributed by atoms with van der Waals surface area (Å²) in [7, 11) is -2.97. The smallest absolute Gasteiger partial charge is 0.162 e. The van der Waals surface area contributed by atoms with E-state index in [1.54, 1.807) is 6.07 Å². The Bertz CT molecular complexity index is 557. The molecule has 8 heteroatoms. The van der Waals surface area contributed by atoms with E-state index in [2.05, 4.69) is 10.2 Å². The van der Waals surface area contributed by atoms with Crippen LogP contribution in [-0.4, -0.2) is 49.0 Å². The molecule has 1 aliphatic rings. The number of hydrogen-bond acceptors (Lipinski definition) is 6. The number of nitrogens with zero attached hydrogens (tertiary/aromatic N) is 3. The topological polar surface area (TPSA) is 113 Å². The van der Waals surface area contributed by atoms with Crippen LogP contribution >= 0.6 is 0 Å². The van der Waals surface area contributed by atoms with Crippen molar-refractivity contribution in [3.8, 4) is 0 Å². The maximum Gasteiger partial charge on any atom is 0.162 e. The summed E-state index contributed by atoms with van der Waals surface area (Å²) in [6.07, 6.45) is 2.02. The third kappa shape index (κ3) is 2.76. The van der Waals surface area contributed by atoms with Gasteiger partial charge in [0.25, 0.3) is 0 Å². The number of hydrogen-bond donors (Lipinski definition) is 2. The zero-order valence-electron chi connectivity index (χ0n) is 9.83. The summed E-state index contributed by atoms with van der Waals surface area (Å²) in [5, 5.41) is 15.2. The molecule has 1 saturated heterocycles. The Labute approximate surface area is 105 Å². The van der Waals surface area contributed by atoms with Gasteiger partial charge < -0.3 is 10.6 Å². The fourth-order valence-corrected chi connectivity index (χ4v) is 3.19. The van der Waals surface area contributed by atoms with Crippen LogP contribution in [0, 0.1) is 5.41 Å². The van der Waals surface area contributed by atoms with Crippen molar-refractivity contribution < 1.29 is 8.42 Å². The molecule has 3 N–H and O–H groups in total. The Kier molecular flexibility index (Phi) is 3.46. The van der Waals surface area contributed by atoms with Crippen molar-refractivity contribution in [1.29, 1.82) is 5.41 Å². The minimum atomic E-state index is -2.97. The van der Waals surface area contributed by atoms with Crippen LogP contribution in [-0.2, 0) is 9.84 Å². The van der Waals surface area contributed by atoms with E-state index in [0.29, 0.717) is 30.9 Å². The van der Waals surface area contributed by atoms with E-state index < -0.39 is 9.84 Å². The molecular weight excluding hydrogens is 254 g/mol. The molecule has 1 aromatic heterocycles. The van der Waals surface area contributed by atoms with Crippen molar-refractivity contribution >= 4 is 21.5 Å². The quantitative estimate of drug-likeness (QED) is 0.547. The second kappa shape index (κ2) is 4.89. The number of aromatic nitrogens is 2. The SMILES string of the molecule is N=C(N)c1ccnnc1N1CCCS(=O)(=O)CC1. The first-order valence-electron chi connectivity index (χ1n) is 5.61. The first-order valence-corrected chi connectivity index (χ1v) is 7.43. The first-order chi connectivity index (χ1) is 8.49. The van der Waals surface area contributed by atoms with E-state index >= 15 is 0 Å². The van der Waals surface area contributed by atoms with Gasteiger partial charge in [-0.3, -0.25) is 5.41 Å². The van der Waals surface area contributed by atoms with E-state index in [9.17, 15) is 8.42 Å². The zero-order valence-corrected chi connectivity index (χ0v) is 10.7. The van der Waals surface area contributed by atoms with Gasteiger partial charge in [0.1, 0.15) is 5.84 Å². The standard InChI is InChI=1S/C10H15N5O2S/c11-9(12)8-2-3-13-14-10(8)15-4-1-6-18(16,17)7-5-15/h2-3H,1,4-7H2,(H3,11,12). The van der Waals surface area contributed by atoms with Gasteiger partial charge in [-0.15, -0.1) is 5.10 Å². The molecule has 0 unspecified atom stereocenters. The fourth-order valence-electron chi connectivity index (χ4n) is 1.92. The van der Waals surface area contributed by atoms with Crippen LogP contribution in [0.3, 0.4) is 0 Å². The van der Waals surface area contributed by atoms with E-state index in [-0.39, 0.29) is 17.3 Å². The van der Waals surface area contributed by atoms with Gasteiger partial charge in [-0.25, -0.2) is 8.42 Å². The van der Waals surface area contributed by atoms with E-state index in [4.69, 9.17) is 11.1 Å². The molecule has 0 amide bonds. The predicted octanol–water partition coefficient (Wildman–Crippen LogP) is -0.614. The van der Waals surface area contributed by atoms with E-state index in [0.717, 1.165) is 0 Å². The molecule has 0 saturated carbocycles. The summed E-state index contributed by atoms with van der Waals surface area (Å²) in [5.41, 5.74) is 5.97. The van der Waals surface area contributed by atoms with Crippen molar-refractivity contribution in [2.75, 3.05) is 29.5 Å². The molecule has 0 bridgehead atoms. The molecule has 0 spiro atoms. The molecule has 2 heterocycles. The maximum atomic E-state index is 11.5. The van der Waals surface area contributed by atoms with Crippen LogP contribution in [0.1, 0.15) is 12.0 Å². The fraction of sp³-hybridized carbons (Fsp3) is 0.500.